The van der Waals surface area contributed by atoms with E-state index in [4.69, 9.17) is 34.0 Å². The van der Waals surface area contributed by atoms with Crippen LogP contribution in [-0.4, -0.2) is 34.5 Å². The number of nitrogens with zero attached hydrogens (tertiary/aromatic N) is 1. The molecule has 20 heavy (non-hydrogen) atoms. The maximum Gasteiger partial charge on any atom is 0.308 e. The molecule has 0 aliphatic carbocycles. The van der Waals surface area contributed by atoms with Crippen LogP contribution in [0, 0.1) is 5.92 Å². The van der Waals surface area contributed by atoms with Crippen LogP contribution in [0.2, 0.25) is 10.0 Å². The molecule has 1 amide bonds. The molecule has 5 nitrogen and oxygen atoms in total. The topological polar surface area (TPSA) is 83.6 Å². The molecule has 0 radical (unpaired) electrons. The summed E-state index contributed by atoms with van der Waals surface area (Å²) in [5.41, 5.74) is 6.16. The molecule has 0 aromatic heterocycles. The fourth-order valence-electron chi connectivity index (χ4n) is 2.43. The van der Waals surface area contributed by atoms with Crippen molar-refractivity contribution in [2.75, 3.05) is 12.3 Å². The van der Waals surface area contributed by atoms with Gasteiger partial charge in [0.25, 0.3) is 5.91 Å². The minimum atomic E-state index is -0.888. The molecule has 2 rings (SSSR count). The van der Waals surface area contributed by atoms with Gasteiger partial charge in [0.1, 0.15) is 0 Å². The highest BCUT2D eigenvalue weighted by atomic mass is 35.5. The van der Waals surface area contributed by atoms with Crippen molar-refractivity contribution in [1.29, 1.82) is 0 Å². The number of halogens is 2. The molecule has 0 saturated carbocycles. The molecule has 7 heteroatoms. The van der Waals surface area contributed by atoms with Crippen LogP contribution in [0.15, 0.2) is 12.1 Å². The van der Waals surface area contributed by atoms with Crippen LogP contribution >= 0.6 is 23.2 Å². The minimum absolute atomic E-state index is 0.211. The number of carbonyl (C=O) groups is 2. The molecule has 2 unspecified atom stereocenters. The summed E-state index contributed by atoms with van der Waals surface area (Å²) in [4.78, 5) is 25.0. The SMILES string of the molecule is CC1C(C(=O)O)CCN1C(=O)c1cc(Cl)c(N)c(Cl)c1. The lowest BCUT2D eigenvalue weighted by Gasteiger charge is -2.23. The molecule has 1 aliphatic heterocycles. The van der Waals surface area contributed by atoms with Crippen LogP contribution < -0.4 is 5.73 Å². The van der Waals surface area contributed by atoms with Gasteiger partial charge in [-0.15, -0.1) is 0 Å². The molecular weight excluding hydrogens is 303 g/mol. The summed E-state index contributed by atoms with van der Waals surface area (Å²) in [6, 6.07) is 2.53. The van der Waals surface area contributed by atoms with Crippen molar-refractivity contribution in [3.8, 4) is 0 Å². The predicted molar refractivity (Wildman–Crippen MR) is 77.1 cm³/mol. The molecule has 1 aromatic carbocycles. The van der Waals surface area contributed by atoms with Gasteiger partial charge in [-0.05, 0) is 25.5 Å². The number of likely N-dealkylation sites (tertiary alicyclic amines) is 1. The molecule has 1 saturated heterocycles. The van der Waals surface area contributed by atoms with Gasteiger partial charge < -0.3 is 15.7 Å². The summed E-state index contributed by atoms with van der Waals surface area (Å²) in [5.74, 6) is -1.72. The van der Waals surface area contributed by atoms with E-state index in [1.54, 1.807) is 6.92 Å². The lowest BCUT2D eigenvalue weighted by molar-refractivity contribution is -0.142. The highest BCUT2D eigenvalue weighted by molar-refractivity contribution is 6.39. The average molecular weight is 317 g/mol. The second kappa shape index (κ2) is 5.50. The van der Waals surface area contributed by atoms with Gasteiger partial charge in [0.05, 0.1) is 21.7 Å². The van der Waals surface area contributed by atoms with Crippen molar-refractivity contribution in [2.45, 2.75) is 19.4 Å². The first-order valence-corrected chi connectivity index (χ1v) is 6.86. The van der Waals surface area contributed by atoms with E-state index in [0.29, 0.717) is 18.5 Å². The van der Waals surface area contributed by atoms with Gasteiger partial charge in [-0.25, -0.2) is 0 Å². The summed E-state index contributed by atoms with van der Waals surface area (Å²) >= 11 is 11.8. The van der Waals surface area contributed by atoms with Gasteiger partial charge >= 0.3 is 5.97 Å². The number of hydrogen-bond acceptors (Lipinski definition) is 3. The van der Waals surface area contributed by atoms with Crippen molar-refractivity contribution >= 4 is 40.8 Å². The highest BCUT2D eigenvalue weighted by Gasteiger charge is 2.38. The van der Waals surface area contributed by atoms with E-state index >= 15 is 0 Å². The van der Waals surface area contributed by atoms with E-state index in [2.05, 4.69) is 0 Å². The number of hydrogen-bond donors (Lipinski definition) is 2. The van der Waals surface area contributed by atoms with Gasteiger partial charge in [0.15, 0.2) is 0 Å². The fraction of sp³-hybridized carbons (Fsp3) is 0.385. The average Bonchev–Trinajstić information content (AvgIpc) is 2.76. The minimum Gasteiger partial charge on any atom is -0.481 e. The van der Waals surface area contributed by atoms with Crippen LogP contribution in [0.25, 0.3) is 0 Å². The number of carbonyl (C=O) groups excluding carboxylic acids is 1. The van der Waals surface area contributed by atoms with Gasteiger partial charge in [0.2, 0.25) is 0 Å². The van der Waals surface area contributed by atoms with Crippen LogP contribution in [0.1, 0.15) is 23.7 Å². The summed E-state index contributed by atoms with van der Waals surface area (Å²) in [6.45, 7) is 2.13. The zero-order valence-corrected chi connectivity index (χ0v) is 12.3. The van der Waals surface area contributed by atoms with Crippen LogP contribution in [0.5, 0.6) is 0 Å². The second-order valence-electron chi connectivity index (χ2n) is 4.83. The Kier molecular flexibility index (Phi) is 4.11. The van der Waals surface area contributed by atoms with E-state index in [1.165, 1.54) is 17.0 Å². The lowest BCUT2D eigenvalue weighted by atomic mass is 10.0. The van der Waals surface area contributed by atoms with Crippen LogP contribution in [0.4, 0.5) is 5.69 Å². The number of benzene rings is 1. The first kappa shape index (κ1) is 14.9. The first-order chi connectivity index (χ1) is 9.32. The fourth-order valence-corrected chi connectivity index (χ4v) is 2.92. The van der Waals surface area contributed by atoms with Gasteiger partial charge in [-0.3, -0.25) is 9.59 Å². The smallest absolute Gasteiger partial charge is 0.308 e. The van der Waals surface area contributed by atoms with Crippen molar-refractivity contribution in [2.24, 2.45) is 5.92 Å². The van der Waals surface area contributed by atoms with Crippen molar-refractivity contribution in [1.82, 2.24) is 4.90 Å². The Morgan fingerprint density at radius 1 is 1.35 bits per heavy atom. The Balaban J connectivity index is 2.27. The maximum atomic E-state index is 12.4. The Morgan fingerprint density at radius 3 is 2.35 bits per heavy atom. The number of carboxylic acid groups (broad SMARTS) is 1. The molecule has 1 aromatic rings. The maximum absolute atomic E-state index is 12.4. The number of rotatable bonds is 2. The number of amides is 1. The molecule has 0 bridgehead atoms. The Morgan fingerprint density at radius 2 is 1.90 bits per heavy atom. The Labute approximate surface area is 126 Å². The second-order valence-corrected chi connectivity index (χ2v) is 5.64. The molecule has 108 valence electrons. The first-order valence-electron chi connectivity index (χ1n) is 6.11. The van der Waals surface area contributed by atoms with Gasteiger partial charge in [-0.1, -0.05) is 23.2 Å². The summed E-state index contributed by atoms with van der Waals surface area (Å²) in [6.07, 6.45) is 0.443. The third kappa shape index (κ3) is 2.55. The largest absolute Gasteiger partial charge is 0.481 e. The zero-order valence-electron chi connectivity index (χ0n) is 10.8. The number of nitrogens with two attached hydrogens (primary N) is 1. The number of nitrogen functional groups attached to an aromatic ring is 1. The Bertz CT molecular complexity index is 554. The third-order valence-electron chi connectivity index (χ3n) is 3.66. The summed E-state index contributed by atoms with van der Waals surface area (Å²) in [7, 11) is 0. The lowest BCUT2D eigenvalue weighted by Crippen LogP contribution is -2.37. The summed E-state index contributed by atoms with van der Waals surface area (Å²) in [5, 5.41) is 9.50. The normalized spacial score (nSPS) is 22.1. The number of aliphatic carboxylic acids is 1. The number of carboxylic acids is 1. The predicted octanol–water partition coefficient (Wildman–Crippen LogP) is 2.51. The highest BCUT2D eigenvalue weighted by Crippen LogP contribution is 2.31. The quantitative estimate of drug-likeness (QED) is 0.821. The molecule has 1 heterocycles. The molecule has 3 N–H and O–H groups in total. The van der Waals surface area contributed by atoms with E-state index in [0.717, 1.165) is 0 Å². The van der Waals surface area contributed by atoms with E-state index in [-0.39, 0.29) is 27.7 Å². The van der Waals surface area contributed by atoms with Crippen molar-refractivity contribution in [3.05, 3.63) is 27.7 Å². The number of anilines is 1. The summed E-state index contributed by atoms with van der Waals surface area (Å²) < 4.78 is 0. The molecule has 2 atom stereocenters. The standard InChI is InChI=1S/C13H14Cl2N2O3/c1-6-8(13(19)20)2-3-17(6)12(18)7-4-9(14)11(16)10(15)5-7/h4-6,8H,2-3,16H2,1H3,(H,19,20). The molecular formula is C13H14Cl2N2O3. The molecule has 0 spiro atoms. The van der Waals surface area contributed by atoms with Gasteiger partial charge in [0, 0.05) is 18.2 Å². The zero-order chi connectivity index (χ0) is 15.0. The van der Waals surface area contributed by atoms with Crippen molar-refractivity contribution < 1.29 is 14.7 Å². The van der Waals surface area contributed by atoms with Crippen LogP contribution in [0.3, 0.4) is 0 Å². The van der Waals surface area contributed by atoms with E-state index in [9.17, 15) is 9.59 Å². The Hall–Kier alpha value is -1.46. The van der Waals surface area contributed by atoms with Crippen LogP contribution in [-0.2, 0) is 4.79 Å². The molecule has 1 aliphatic rings. The monoisotopic (exact) mass is 316 g/mol. The molecule has 1 fully saturated rings. The van der Waals surface area contributed by atoms with Crippen molar-refractivity contribution in [3.63, 3.8) is 0 Å². The van der Waals surface area contributed by atoms with E-state index < -0.39 is 11.9 Å². The van der Waals surface area contributed by atoms with E-state index in [1.807, 2.05) is 0 Å². The third-order valence-corrected chi connectivity index (χ3v) is 4.28. The van der Waals surface area contributed by atoms with Gasteiger partial charge in [-0.2, -0.15) is 0 Å².